The van der Waals surface area contributed by atoms with Crippen LogP contribution < -0.4 is 4.72 Å². The predicted molar refractivity (Wildman–Crippen MR) is 86.2 cm³/mol. The minimum atomic E-state index is -3.91. The fourth-order valence-corrected chi connectivity index (χ4v) is 4.04. The second kappa shape index (κ2) is 7.41. The van der Waals surface area contributed by atoms with Crippen molar-refractivity contribution >= 4 is 25.8 Å². The zero-order valence-corrected chi connectivity index (χ0v) is 14.8. The van der Waals surface area contributed by atoms with Gasteiger partial charge in [0.25, 0.3) is 0 Å². The maximum atomic E-state index is 12.1. The van der Waals surface area contributed by atoms with Crippen molar-refractivity contribution in [1.82, 2.24) is 4.72 Å². The van der Waals surface area contributed by atoms with Gasteiger partial charge in [-0.2, -0.15) is 0 Å². The summed E-state index contributed by atoms with van der Waals surface area (Å²) < 4.78 is 49.4. The third kappa shape index (κ3) is 6.67. The van der Waals surface area contributed by atoms with Gasteiger partial charge in [0.15, 0.2) is 9.84 Å². The van der Waals surface area contributed by atoms with Gasteiger partial charge in [0.1, 0.15) is 6.04 Å². The molecule has 0 aromatic heterocycles. The average Bonchev–Trinajstić information content (AvgIpc) is 2.35. The molecule has 1 unspecified atom stereocenters. The Balaban J connectivity index is 2.96. The molecule has 0 fully saturated rings. The normalized spacial score (nSPS) is 13.9. The highest BCUT2D eigenvalue weighted by Crippen LogP contribution is 2.14. The van der Waals surface area contributed by atoms with Crippen LogP contribution in [0.15, 0.2) is 29.2 Å². The van der Waals surface area contributed by atoms with Crippen LogP contribution in [0.25, 0.3) is 0 Å². The fourth-order valence-electron chi connectivity index (χ4n) is 2.01. The van der Waals surface area contributed by atoms with Gasteiger partial charge in [0.05, 0.1) is 10.6 Å². The minimum Gasteiger partial charge on any atom is -0.480 e. The number of carbonyl (C=O) groups is 1. The van der Waals surface area contributed by atoms with E-state index in [-0.39, 0.29) is 22.8 Å². The lowest BCUT2D eigenvalue weighted by atomic mass is 10.1. The summed E-state index contributed by atoms with van der Waals surface area (Å²) in [5.41, 5.74) is 0.272. The van der Waals surface area contributed by atoms with Gasteiger partial charge < -0.3 is 5.11 Å². The number of sulfone groups is 1. The summed E-state index contributed by atoms with van der Waals surface area (Å²) in [4.78, 5) is 11.2. The monoisotopic (exact) mass is 363 g/mol. The Labute approximate surface area is 136 Å². The molecule has 0 aliphatic carbocycles. The molecule has 1 rings (SSSR count). The van der Waals surface area contributed by atoms with Crippen molar-refractivity contribution in [2.45, 2.75) is 37.0 Å². The summed E-state index contributed by atoms with van der Waals surface area (Å²) in [7, 11) is -7.36. The average molecular weight is 363 g/mol. The van der Waals surface area contributed by atoms with Gasteiger partial charge >= 0.3 is 5.97 Å². The number of carboxylic acids is 1. The Morgan fingerprint density at radius 2 is 1.83 bits per heavy atom. The summed E-state index contributed by atoms with van der Waals surface area (Å²) in [5, 5.41) is 9.10. The Kier molecular flexibility index (Phi) is 6.32. The summed E-state index contributed by atoms with van der Waals surface area (Å²) >= 11 is 0. The third-order valence-electron chi connectivity index (χ3n) is 3.01. The molecule has 23 heavy (non-hydrogen) atoms. The van der Waals surface area contributed by atoms with E-state index in [1.165, 1.54) is 24.3 Å². The van der Waals surface area contributed by atoms with Crippen LogP contribution in [0.2, 0.25) is 0 Å². The number of rotatable bonds is 8. The largest absolute Gasteiger partial charge is 0.480 e. The minimum absolute atomic E-state index is 0.00682. The van der Waals surface area contributed by atoms with Crippen LogP contribution in [0, 0.1) is 5.92 Å². The number of benzene rings is 1. The van der Waals surface area contributed by atoms with E-state index in [2.05, 4.69) is 4.72 Å². The Morgan fingerprint density at radius 3 is 2.30 bits per heavy atom. The predicted octanol–water partition coefficient (Wildman–Crippen LogP) is 1.01. The second-order valence-corrected chi connectivity index (χ2v) is 9.59. The van der Waals surface area contributed by atoms with Gasteiger partial charge in [0.2, 0.25) is 10.0 Å². The quantitative estimate of drug-likeness (QED) is 0.712. The highest BCUT2D eigenvalue weighted by atomic mass is 32.2. The molecule has 0 amide bonds. The summed E-state index contributed by atoms with van der Waals surface area (Å²) in [6.45, 7) is 3.58. The Bertz CT molecular complexity index is 768. The van der Waals surface area contributed by atoms with E-state index in [0.717, 1.165) is 6.26 Å². The molecular weight excluding hydrogens is 342 g/mol. The Morgan fingerprint density at radius 1 is 1.22 bits per heavy atom. The van der Waals surface area contributed by atoms with E-state index < -0.39 is 37.6 Å². The maximum absolute atomic E-state index is 12.1. The van der Waals surface area contributed by atoms with E-state index in [4.69, 9.17) is 5.11 Å². The van der Waals surface area contributed by atoms with E-state index in [1.807, 2.05) is 0 Å². The lowest BCUT2D eigenvalue weighted by Crippen LogP contribution is -2.42. The lowest BCUT2D eigenvalue weighted by molar-refractivity contribution is -0.139. The molecule has 0 saturated carbocycles. The molecular formula is C14H21NO6S2. The number of carboxylic acid groups (broad SMARTS) is 1. The molecule has 1 aromatic rings. The van der Waals surface area contributed by atoms with Crippen molar-refractivity contribution in [3.05, 3.63) is 29.8 Å². The molecule has 0 aliphatic heterocycles. The standard InChI is InChI=1S/C14H21NO6S2/c1-10(2)7-13(14(16)17)15-23(20,21)9-11-5-4-6-12(8-11)22(3,18)19/h4-6,8,10,13,15H,7,9H2,1-3H3,(H,16,17). The highest BCUT2D eigenvalue weighted by Gasteiger charge is 2.25. The molecule has 0 saturated heterocycles. The first-order valence-electron chi connectivity index (χ1n) is 6.92. The van der Waals surface area contributed by atoms with Crippen molar-refractivity contribution in [3.63, 3.8) is 0 Å². The number of hydrogen-bond donors (Lipinski definition) is 2. The first-order valence-corrected chi connectivity index (χ1v) is 10.5. The molecule has 1 aromatic carbocycles. The Hall–Kier alpha value is -1.45. The molecule has 7 nitrogen and oxygen atoms in total. The van der Waals surface area contributed by atoms with E-state index in [1.54, 1.807) is 13.8 Å². The van der Waals surface area contributed by atoms with Gasteiger partial charge in [-0.15, -0.1) is 0 Å². The van der Waals surface area contributed by atoms with Crippen LogP contribution in [-0.4, -0.2) is 40.2 Å². The number of nitrogens with one attached hydrogen (secondary N) is 1. The first-order chi connectivity index (χ1) is 10.4. The van der Waals surface area contributed by atoms with E-state index in [0.29, 0.717) is 0 Å². The molecule has 0 aliphatic rings. The van der Waals surface area contributed by atoms with Crippen LogP contribution in [0.4, 0.5) is 0 Å². The molecule has 0 spiro atoms. The smallest absolute Gasteiger partial charge is 0.321 e. The maximum Gasteiger partial charge on any atom is 0.321 e. The highest BCUT2D eigenvalue weighted by molar-refractivity contribution is 7.90. The SMILES string of the molecule is CC(C)CC(NS(=O)(=O)Cc1cccc(S(C)(=O)=O)c1)C(=O)O. The van der Waals surface area contributed by atoms with E-state index >= 15 is 0 Å². The van der Waals surface area contributed by atoms with Gasteiger partial charge in [-0.25, -0.2) is 21.6 Å². The molecule has 130 valence electrons. The van der Waals surface area contributed by atoms with Crippen molar-refractivity contribution in [2.75, 3.05) is 6.26 Å². The topological polar surface area (TPSA) is 118 Å². The molecule has 0 heterocycles. The molecule has 1 atom stereocenters. The number of hydrogen-bond acceptors (Lipinski definition) is 5. The van der Waals surface area contributed by atoms with Crippen molar-refractivity contribution in [1.29, 1.82) is 0 Å². The van der Waals surface area contributed by atoms with Crippen molar-refractivity contribution in [2.24, 2.45) is 5.92 Å². The molecule has 0 radical (unpaired) electrons. The van der Waals surface area contributed by atoms with E-state index in [9.17, 15) is 21.6 Å². The number of sulfonamides is 1. The van der Waals surface area contributed by atoms with Gasteiger partial charge in [-0.05, 0) is 30.0 Å². The fraction of sp³-hybridized carbons (Fsp3) is 0.500. The summed E-state index contributed by atoms with van der Waals surface area (Å²) in [5.74, 6) is -1.72. The van der Waals surface area contributed by atoms with Crippen LogP contribution in [0.5, 0.6) is 0 Å². The van der Waals surface area contributed by atoms with Crippen molar-refractivity contribution in [3.8, 4) is 0 Å². The number of aliphatic carboxylic acids is 1. The molecule has 9 heteroatoms. The first kappa shape index (κ1) is 19.6. The van der Waals surface area contributed by atoms with Crippen molar-refractivity contribution < 1.29 is 26.7 Å². The lowest BCUT2D eigenvalue weighted by Gasteiger charge is -2.16. The second-order valence-electron chi connectivity index (χ2n) is 5.82. The van der Waals surface area contributed by atoms with Crippen LogP contribution in [0.1, 0.15) is 25.8 Å². The molecule has 0 bridgehead atoms. The molecule has 2 N–H and O–H groups in total. The third-order valence-corrected chi connectivity index (χ3v) is 5.48. The van der Waals surface area contributed by atoms with Gasteiger partial charge in [-0.3, -0.25) is 4.79 Å². The zero-order valence-electron chi connectivity index (χ0n) is 13.2. The van der Waals surface area contributed by atoms with Crippen LogP contribution >= 0.6 is 0 Å². The summed E-state index contributed by atoms with van der Waals surface area (Å²) in [6.07, 6.45) is 1.19. The van der Waals surface area contributed by atoms with Crippen LogP contribution in [0.3, 0.4) is 0 Å². The summed E-state index contributed by atoms with van der Waals surface area (Å²) in [6, 6.07) is 4.36. The van der Waals surface area contributed by atoms with Gasteiger partial charge in [0, 0.05) is 6.26 Å². The van der Waals surface area contributed by atoms with Crippen LogP contribution in [-0.2, 0) is 30.4 Å². The van der Waals surface area contributed by atoms with Gasteiger partial charge in [-0.1, -0.05) is 26.0 Å². The zero-order chi connectivity index (χ0) is 17.8.